The fraction of sp³-hybridized carbons (Fsp3) is 0.250. The Morgan fingerprint density at radius 1 is 1.00 bits per heavy atom. The smallest absolute Gasteiger partial charge is 0.242 e. The molecule has 0 radical (unpaired) electrons. The van der Waals surface area contributed by atoms with E-state index < -0.39 is 10.0 Å². The van der Waals surface area contributed by atoms with Gasteiger partial charge in [0, 0.05) is 17.6 Å². The van der Waals surface area contributed by atoms with Gasteiger partial charge in [-0.15, -0.1) is 0 Å². The van der Waals surface area contributed by atoms with Crippen molar-refractivity contribution >= 4 is 33.2 Å². The third-order valence-electron chi connectivity index (χ3n) is 3.30. The van der Waals surface area contributed by atoms with Gasteiger partial charge in [-0.05, 0) is 42.3 Å². The van der Waals surface area contributed by atoms with E-state index in [1.165, 1.54) is 18.2 Å². The summed E-state index contributed by atoms with van der Waals surface area (Å²) >= 11 is 11.7. The molecule has 0 bridgehead atoms. The van der Waals surface area contributed by atoms with Crippen LogP contribution in [0, 0.1) is 0 Å². The summed E-state index contributed by atoms with van der Waals surface area (Å²) in [6, 6.07) is 9.65. The van der Waals surface area contributed by atoms with Crippen LogP contribution in [0.25, 0.3) is 0 Å². The van der Waals surface area contributed by atoms with Gasteiger partial charge < -0.3 is 9.47 Å². The Kier molecular flexibility index (Phi) is 6.34. The summed E-state index contributed by atoms with van der Waals surface area (Å²) in [6.45, 7) is 0.206. The number of hydrogen-bond acceptors (Lipinski definition) is 4. The number of ether oxygens (including phenoxy) is 2. The molecular weight excluding hydrogens is 373 g/mol. The average Bonchev–Trinajstić information content (AvgIpc) is 2.53. The number of halogens is 2. The standard InChI is InChI=1S/C16H17Cl2NO4S/c1-22-13-7-11(8-14(10-13)23-2)5-6-19-24(20,21)16-4-3-12(17)9-15(16)18/h3-4,7-10,19H,5-6H2,1-2H3. The van der Waals surface area contributed by atoms with Crippen LogP contribution in [0.4, 0.5) is 0 Å². The maximum atomic E-state index is 12.3. The van der Waals surface area contributed by atoms with Gasteiger partial charge in [0.2, 0.25) is 10.0 Å². The Morgan fingerprint density at radius 2 is 1.62 bits per heavy atom. The Balaban J connectivity index is 2.08. The van der Waals surface area contributed by atoms with Crippen LogP contribution in [-0.4, -0.2) is 29.2 Å². The van der Waals surface area contributed by atoms with Crippen LogP contribution in [0.2, 0.25) is 10.0 Å². The minimum Gasteiger partial charge on any atom is -0.497 e. The van der Waals surface area contributed by atoms with Gasteiger partial charge in [0.1, 0.15) is 16.4 Å². The third kappa shape index (κ3) is 4.77. The Bertz CT molecular complexity index is 803. The van der Waals surface area contributed by atoms with Crippen molar-refractivity contribution in [3.05, 3.63) is 52.0 Å². The lowest BCUT2D eigenvalue weighted by Gasteiger charge is -2.10. The molecule has 0 unspecified atom stereocenters. The summed E-state index contributed by atoms with van der Waals surface area (Å²) < 4.78 is 37.5. The van der Waals surface area contributed by atoms with Crippen LogP contribution in [0.1, 0.15) is 5.56 Å². The lowest BCUT2D eigenvalue weighted by atomic mass is 10.1. The fourth-order valence-electron chi connectivity index (χ4n) is 2.11. The van der Waals surface area contributed by atoms with Crippen molar-refractivity contribution in [2.45, 2.75) is 11.3 Å². The van der Waals surface area contributed by atoms with Crippen molar-refractivity contribution in [1.82, 2.24) is 4.72 Å². The summed E-state index contributed by atoms with van der Waals surface area (Å²) in [6.07, 6.45) is 0.470. The lowest BCUT2D eigenvalue weighted by Crippen LogP contribution is -2.26. The van der Waals surface area contributed by atoms with Gasteiger partial charge >= 0.3 is 0 Å². The van der Waals surface area contributed by atoms with Gasteiger partial charge in [0.25, 0.3) is 0 Å². The molecule has 130 valence electrons. The van der Waals surface area contributed by atoms with Gasteiger partial charge in [-0.3, -0.25) is 0 Å². The second-order valence-electron chi connectivity index (χ2n) is 4.94. The Morgan fingerprint density at radius 3 is 2.17 bits per heavy atom. The lowest BCUT2D eigenvalue weighted by molar-refractivity contribution is 0.393. The molecule has 8 heteroatoms. The van der Waals surface area contributed by atoms with E-state index in [1.807, 2.05) is 12.1 Å². The maximum Gasteiger partial charge on any atom is 0.242 e. The molecule has 0 aliphatic heterocycles. The summed E-state index contributed by atoms with van der Waals surface area (Å²) in [7, 11) is -0.594. The highest BCUT2D eigenvalue weighted by molar-refractivity contribution is 7.89. The first kappa shape index (κ1) is 18.9. The van der Waals surface area contributed by atoms with E-state index in [9.17, 15) is 8.42 Å². The minimum absolute atomic E-state index is 0.00297. The second kappa shape index (κ2) is 8.07. The first-order valence-electron chi connectivity index (χ1n) is 7.02. The highest BCUT2D eigenvalue weighted by Crippen LogP contribution is 2.25. The number of methoxy groups -OCH3 is 2. The molecule has 0 atom stereocenters. The molecule has 2 aromatic rings. The van der Waals surface area contributed by atoms with Crippen molar-refractivity contribution in [3.8, 4) is 11.5 Å². The predicted octanol–water partition coefficient (Wildman–Crippen LogP) is 3.53. The molecule has 0 fully saturated rings. The highest BCUT2D eigenvalue weighted by Gasteiger charge is 2.17. The van der Waals surface area contributed by atoms with Gasteiger partial charge in [-0.1, -0.05) is 23.2 Å². The zero-order valence-electron chi connectivity index (χ0n) is 13.2. The minimum atomic E-state index is -3.71. The molecule has 2 rings (SSSR count). The van der Waals surface area contributed by atoms with Crippen molar-refractivity contribution in [2.75, 3.05) is 20.8 Å². The molecule has 0 aliphatic carbocycles. The normalized spacial score (nSPS) is 11.3. The maximum absolute atomic E-state index is 12.3. The zero-order chi connectivity index (χ0) is 17.7. The second-order valence-corrected chi connectivity index (χ2v) is 7.52. The molecule has 2 aromatic carbocycles. The van der Waals surface area contributed by atoms with E-state index in [-0.39, 0.29) is 16.5 Å². The average molecular weight is 390 g/mol. The van der Waals surface area contributed by atoms with Crippen LogP contribution in [0.3, 0.4) is 0 Å². The van der Waals surface area contributed by atoms with E-state index in [1.54, 1.807) is 20.3 Å². The quantitative estimate of drug-likeness (QED) is 0.786. The van der Waals surface area contributed by atoms with Crippen LogP contribution >= 0.6 is 23.2 Å². The van der Waals surface area contributed by atoms with Gasteiger partial charge in [0.15, 0.2) is 0 Å². The number of sulfonamides is 1. The van der Waals surface area contributed by atoms with Gasteiger partial charge in [-0.25, -0.2) is 13.1 Å². The molecule has 0 amide bonds. The van der Waals surface area contributed by atoms with Crippen molar-refractivity contribution in [2.24, 2.45) is 0 Å². The van der Waals surface area contributed by atoms with Crippen molar-refractivity contribution in [3.63, 3.8) is 0 Å². The number of rotatable bonds is 7. The summed E-state index contributed by atoms with van der Waals surface area (Å²) in [5.41, 5.74) is 0.885. The first-order valence-corrected chi connectivity index (χ1v) is 9.26. The monoisotopic (exact) mass is 389 g/mol. The van der Waals surface area contributed by atoms with Gasteiger partial charge in [0.05, 0.1) is 19.2 Å². The molecule has 5 nitrogen and oxygen atoms in total. The summed E-state index contributed by atoms with van der Waals surface area (Å²) in [5, 5.41) is 0.459. The van der Waals surface area contributed by atoms with Gasteiger partial charge in [-0.2, -0.15) is 0 Å². The number of benzene rings is 2. The molecule has 0 spiro atoms. The topological polar surface area (TPSA) is 64.6 Å². The van der Waals surface area contributed by atoms with Crippen molar-refractivity contribution < 1.29 is 17.9 Å². The zero-order valence-corrected chi connectivity index (χ0v) is 15.5. The van der Waals surface area contributed by atoms with Crippen LogP contribution in [0.5, 0.6) is 11.5 Å². The van der Waals surface area contributed by atoms with E-state index in [0.717, 1.165) is 5.56 Å². The van der Waals surface area contributed by atoms with Crippen LogP contribution in [0.15, 0.2) is 41.3 Å². The molecule has 1 N–H and O–H groups in total. The summed E-state index contributed by atoms with van der Waals surface area (Å²) in [5.74, 6) is 1.29. The Labute approximate surface area is 151 Å². The third-order valence-corrected chi connectivity index (χ3v) is 5.48. The highest BCUT2D eigenvalue weighted by atomic mass is 35.5. The predicted molar refractivity (Wildman–Crippen MR) is 94.9 cm³/mol. The van der Waals surface area contributed by atoms with Crippen LogP contribution in [-0.2, 0) is 16.4 Å². The van der Waals surface area contributed by atoms with Crippen molar-refractivity contribution in [1.29, 1.82) is 0 Å². The molecule has 0 aromatic heterocycles. The van der Waals surface area contributed by atoms with E-state index >= 15 is 0 Å². The summed E-state index contributed by atoms with van der Waals surface area (Å²) in [4.78, 5) is -0.00297. The molecule has 24 heavy (non-hydrogen) atoms. The molecule has 0 saturated carbocycles. The number of nitrogens with one attached hydrogen (secondary N) is 1. The Hall–Kier alpha value is -1.47. The molecule has 0 saturated heterocycles. The fourth-order valence-corrected chi connectivity index (χ4v) is 3.91. The van der Waals surface area contributed by atoms with Crippen LogP contribution < -0.4 is 14.2 Å². The van der Waals surface area contributed by atoms with E-state index in [2.05, 4.69) is 4.72 Å². The molecule has 0 aliphatic rings. The number of hydrogen-bond donors (Lipinski definition) is 1. The largest absolute Gasteiger partial charge is 0.497 e. The molecular formula is C16H17Cl2NO4S. The first-order chi connectivity index (χ1) is 11.4. The SMILES string of the molecule is COc1cc(CCNS(=O)(=O)c2ccc(Cl)cc2Cl)cc(OC)c1. The van der Waals surface area contributed by atoms with E-state index in [0.29, 0.717) is 22.9 Å². The van der Waals surface area contributed by atoms with E-state index in [4.69, 9.17) is 32.7 Å². The molecule has 0 heterocycles.